The lowest BCUT2D eigenvalue weighted by Crippen LogP contribution is -2.72. The SMILES string of the molecule is CCOC(CBr)(CO[C@H]1[C@@H](NC(=O)Cc2ccccc2)C(=O)N1C(C(=O)O)=C(C)C)OCC. The predicted octanol–water partition coefficient (Wildman–Crippen LogP) is 2.44. The van der Waals surface area contributed by atoms with Crippen LogP contribution in [0.4, 0.5) is 0 Å². The molecule has 9 nitrogen and oxygen atoms in total. The summed E-state index contributed by atoms with van der Waals surface area (Å²) in [4.78, 5) is 38.4. The number of ether oxygens (including phenoxy) is 3. The molecule has 0 bridgehead atoms. The minimum atomic E-state index is -1.26. The summed E-state index contributed by atoms with van der Waals surface area (Å²) in [5, 5.41) is 12.6. The number of benzene rings is 1. The number of alkyl halides is 1. The molecule has 2 amide bonds. The lowest BCUT2D eigenvalue weighted by Gasteiger charge is -2.47. The van der Waals surface area contributed by atoms with Crippen LogP contribution in [0, 0.1) is 0 Å². The predicted molar refractivity (Wildman–Crippen MR) is 124 cm³/mol. The first-order chi connectivity index (χ1) is 15.7. The number of carbonyl (C=O) groups excluding carboxylic acids is 2. The number of carboxylic acid groups (broad SMARTS) is 1. The molecule has 2 atom stereocenters. The maximum atomic E-state index is 12.9. The van der Waals surface area contributed by atoms with Crippen LogP contribution in [0.3, 0.4) is 0 Å². The van der Waals surface area contributed by atoms with Crippen molar-refractivity contribution in [1.82, 2.24) is 10.2 Å². The number of hydrogen-bond acceptors (Lipinski definition) is 6. The first kappa shape index (κ1) is 27.0. The van der Waals surface area contributed by atoms with Crippen LogP contribution < -0.4 is 5.32 Å². The molecule has 1 aliphatic rings. The van der Waals surface area contributed by atoms with Crippen molar-refractivity contribution >= 4 is 33.7 Å². The number of hydrogen-bond donors (Lipinski definition) is 2. The summed E-state index contributed by atoms with van der Waals surface area (Å²) in [6.07, 6.45) is -0.952. The second-order valence-electron chi connectivity index (χ2n) is 7.68. The van der Waals surface area contributed by atoms with E-state index in [0.29, 0.717) is 24.1 Å². The van der Waals surface area contributed by atoms with Gasteiger partial charge in [-0.1, -0.05) is 46.3 Å². The third-order valence-electron chi connectivity index (χ3n) is 4.98. The summed E-state index contributed by atoms with van der Waals surface area (Å²) >= 11 is 3.38. The van der Waals surface area contributed by atoms with E-state index in [2.05, 4.69) is 21.2 Å². The number of allylic oxidation sites excluding steroid dienone is 1. The van der Waals surface area contributed by atoms with E-state index >= 15 is 0 Å². The van der Waals surface area contributed by atoms with Crippen molar-refractivity contribution in [3.63, 3.8) is 0 Å². The molecular formula is C23H31BrN2O7. The molecule has 0 aromatic heterocycles. The summed E-state index contributed by atoms with van der Waals surface area (Å²) in [5.41, 5.74) is 1.04. The Balaban J connectivity index is 2.25. The van der Waals surface area contributed by atoms with Gasteiger partial charge in [0.15, 0.2) is 12.3 Å². The molecule has 0 unspecified atom stereocenters. The molecule has 2 rings (SSSR count). The number of likely N-dealkylation sites (tertiary alicyclic amines) is 1. The lowest BCUT2D eigenvalue weighted by molar-refractivity contribution is -0.263. The number of nitrogens with zero attached hydrogens (tertiary/aromatic N) is 1. The highest BCUT2D eigenvalue weighted by atomic mass is 79.9. The maximum absolute atomic E-state index is 12.9. The smallest absolute Gasteiger partial charge is 0.352 e. The van der Waals surface area contributed by atoms with Crippen molar-refractivity contribution in [1.29, 1.82) is 0 Å². The number of rotatable bonds is 13. The molecule has 0 aliphatic carbocycles. The summed E-state index contributed by atoms with van der Waals surface area (Å²) in [5.74, 6) is -3.31. The number of aliphatic carboxylic acids is 1. The number of amides is 2. The average molecular weight is 527 g/mol. The minimum Gasteiger partial charge on any atom is -0.477 e. The molecule has 1 aromatic rings. The number of carboxylic acids is 1. The third-order valence-corrected chi connectivity index (χ3v) is 5.83. The van der Waals surface area contributed by atoms with E-state index < -0.39 is 29.9 Å². The first-order valence-corrected chi connectivity index (χ1v) is 11.8. The zero-order valence-electron chi connectivity index (χ0n) is 19.3. The van der Waals surface area contributed by atoms with Crippen LogP contribution in [-0.2, 0) is 35.0 Å². The zero-order chi connectivity index (χ0) is 24.6. The fraction of sp³-hybridized carbons (Fsp3) is 0.522. The van der Waals surface area contributed by atoms with Crippen molar-refractivity contribution in [2.75, 3.05) is 25.2 Å². The highest BCUT2D eigenvalue weighted by Crippen LogP contribution is 2.30. The van der Waals surface area contributed by atoms with Gasteiger partial charge in [-0.3, -0.25) is 14.5 Å². The van der Waals surface area contributed by atoms with Crippen LogP contribution in [0.15, 0.2) is 41.6 Å². The van der Waals surface area contributed by atoms with Gasteiger partial charge in [-0.2, -0.15) is 0 Å². The molecule has 0 saturated carbocycles. The highest BCUT2D eigenvalue weighted by Gasteiger charge is 2.53. The molecular weight excluding hydrogens is 496 g/mol. The fourth-order valence-corrected chi connectivity index (χ4v) is 4.03. The third kappa shape index (κ3) is 6.63. The summed E-state index contributed by atoms with van der Waals surface area (Å²) in [6.45, 7) is 7.44. The number of halogens is 1. The quantitative estimate of drug-likeness (QED) is 0.175. The van der Waals surface area contributed by atoms with Gasteiger partial charge in [0, 0.05) is 13.2 Å². The number of carbonyl (C=O) groups is 3. The van der Waals surface area contributed by atoms with Gasteiger partial charge in [0.25, 0.3) is 5.91 Å². The van der Waals surface area contributed by atoms with E-state index in [9.17, 15) is 19.5 Å². The Labute approximate surface area is 202 Å². The van der Waals surface area contributed by atoms with Crippen LogP contribution >= 0.6 is 15.9 Å². The van der Waals surface area contributed by atoms with Crippen LogP contribution in [0.1, 0.15) is 33.3 Å². The Morgan fingerprint density at radius 1 is 1.15 bits per heavy atom. The molecule has 33 heavy (non-hydrogen) atoms. The van der Waals surface area contributed by atoms with Crippen LogP contribution in [0.25, 0.3) is 0 Å². The van der Waals surface area contributed by atoms with Gasteiger partial charge < -0.3 is 24.6 Å². The van der Waals surface area contributed by atoms with Gasteiger partial charge in [0.05, 0.1) is 11.8 Å². The van der Waals surface area contributed by atoms with Gasteiger partial charge in [-0.15, -0.1) is 0 Å². The lowest BCUT2D eigenvalue weighted by atomic mass is 10.0. The molecule has 1 saturated heterocycles. The van der Waals surface area contributed by atoms with Crippen molar-refractivity contribution in [3.05, 3.63) is 47.2 Å². The normalized spacial score (nSPS) is 18.0. The van der Waals surface area contributed by atoms with E-state index in [-0.39, 0.29) is 24.6 Å². The van der Waals surface area contributed by atoms with Gasteiger partial charge in [-0.25, -0.2) is 4.79 Å². The second-order valence-corrected chi connectivity index (χ2v) is 8.24. The van der Waals surface area contributed by atoms with Crippen molar-refractivity contribution in [3.8, 4) is 0 Å². The van der Waals surface area contributed by atoms with Crippen molar-refractivity contribution in [2.45, 2.75) is 52.2 Å². The van der Waals surface area contributed by atoms with E-state index in [1.807, 2.05) is 44.2 Å². The Morgan fingerprint density at radius 2 is 1.76 bits per heavy atom. The second kappa shape index (κ2) is 12.3. The Bertz CT molecular complexity index is 865. The van der Waals surface area contributed by atoms with Gasteiger partial charge in [-0.05, 0) is 38.8 Å². The fourth-order valence-electron chi connectivity index (χ4n) is 3.55. The van der Waals surface area contributed by atoms with Crippen LogP contribution in [-0.4, -0.2) is 71.0 Å². The van der Waals surface area contributed by atoms with Crippen molar-refractivity contribution < 1.29 is 33.7 Å². The van der Waals surface area contributed by atoms with E-state index in [1.165, 1.54) is 0 Å². The van der Waals surface area contributed by atoms with Gasteiger partial charge >= 0.3 is 5.97 Å². The van der Waals surface area contributed by atoms with Gasteiger partial charge in [0.1, 0.15) is 12.3 Å². The Hall–Kier alpha value is -2.27. The Morgan fingerprint density at radius 3 is 2.24 bits per heavy atom. The molecule has 0 radical (unpaired) electrons. The monoisotopic (exact) mass is 526 g/mol. The maximum Gasteiger partial charge on any atom is 0.352 e. The summed E-state index contributed by atoms with van der Waals surface area (Å²) < 4.78 is 17.5. The topological polar surface area (TPSA) is 114 Å². The minimum absolute atomic E-state index is 0.0784. The average Bonchev–Trinajstić information content (AvgIpc) is 2.77. The largest absolute Gasteiger partial charge is 0.477 e. The molecule has 0 spiro atoms. The highest BCUT2D eigenvalue weighted by molar-refractivity contribution is 9.09. The van der Waals surface area contributed by atoms with Gasteiger partial charge in [0.2, 0.25) is 11.7 Å². The molecule has 1 heterocycles. The number of β-lactam (4-membered cyclic amide) rings is 1. The van der Waals surface area contributed by atoms with Crippen LogP contribution in [0.5, 0.6) is 0 Å². The van der Waals surface area contributed by atoms with Crippen LogP contribution in [0.2, 0.25) is 0 Å². The summed E-state index contributed by atoms with van der Waals surface area (Å²) in [6, 6.07) is 8.07. The zero-order valence-corrected chi connectivity index (χ0v) is 20.9. The Kier molecular flexibility index (Phi) is 10.0. The molecule has 1 aromatic carbocycles. The van der Waals surface area contributed by atoms with E-state index in [4.69, 9.17) is 14.2 Å². The first-order valence-electron chi connectivity index (χ1n) is 10.7. The van der Waals surface area contributed by atoms with Crippen molar-refractivity contribution in [2.24, 2.45) is 0 Å². The molecule has 10 heteroatoms. The molecule has 2 N–H and O–H groups in total. The molecule has 1 aliphatic heterocycles. The molecule has 182 valence electrons. The number of nitrogens with one attached hydrogen (secondary N) is 1. The summed E-state index contributed by atoms with van der Waals surface area (Å²) in [7, 11) is 0. The standard InChI is InChI=1S/C23H31BrN2O7/c1-5-32-23(13-24,33-6-2)14-31-21-18(20(28)26(21)19(15(3)4)22(29)30)25-17(27)12-16-10-8-7-9-11-16/h7-11,18,21H,5-6,12-14H2,1-4H3,(H,25,27)(H,29,30)/t18-,21-/m0/s1. The molecule has 1 fully saturated rings. The van der Waals surface area contributed by atoms with E-state index in [1.54, 1.807) is 13.8 Å². The van der Waals surface area contributed by atoms with E-state index in [0.717, 1.165) is 10.5 Å².